The fraction of sp³-hybridized carbons (Fsp3) is 0.500. The quantitative estimate of drug-likeness (QED) is 0.820. The standard InChI is InChI=1S/C14H18BrClN2O.ClH/c1-8-5-6-17-9(2)13(8)18-14(19)11-4-3-10(16)7-12(11)15;/h3-4,7-9,13,17H,5-6H2,1-2H3,(H,18,19);1H. The molecule has 1 aliphatic heterocycles. The highest BCUT2D eigenvalue weighted by Gasteiger charge is 2.29. The molecule has 0 aromatic heterocycles. The largest absolute Gasteiger partial charge is 0.347 e. The van der Waals surface area contributed by atoms with Crippen LogP contribution in [0.2, 0.25) is 5.02 Å². The van der Waals surface area contributed by atoms with Crippen LogP contribution in [0.25, 0.3) is 0 Å². The SMILES string of the molecule is CC1CCNC(C)C1NC(=O)c1ccc(Cl)cc1Br.Cl. The van der Waals surface area contributed by atoms with E-state index >= 15 is 0 Å². The van der Waals surface area contributed by atoms with E-state index < -0.39 is 0 Å². The van der Waals surface area contributed by atoms with Crippen molar-refractivity contribution >= 4 is 45.8 Å². The molecule has 0 spiro atoms. The first kappa shape index (κ1) is 17.8. The van der Waals surface area contributed by atoms with E-state index in [-0.39, 0.29) is 24.4 Å². The predicted molar refractivity (Wildman–Crippen MR) is 88.9 cm³/mol. The normalized spacial score (nSPS) is 25.7. The molecule has 0 saturated carbocycles. The Morgan fingerprint density at radius 3 is 2.75 bits per heavy atom. The molecule has 112 valence electrons. The molecule has 20 heavy (non-hydrogen) atoms. The van der Waals surface area contributed by atoms with Crippen molar-refractivity contribution in [1.82, 2.24) is 10.6 Å². The van der Waals surface area contributed by atoms with Crippen molar-refractivity contribution in [3.63, 3.8) is 0 Å². The van der Waals surface area contributed by atoms with E-state index in [9.17, 15) is 4.79 Å². The van der Waals surface area contributed by atoms with E-state index in [1.807, 2.05) is 0 Å². The summed E-state index contributed by atoms with van der Waals surface area (Å²) in [4.78, 5) is 12.3. The summed E-state index contributed by atoms with van der Waals surface area (Å²) in [6.07, 6.45) is 1.08. The molecular weight excluding hydrogens is 363 g/mol. The number of nitrogens with one attached hydrogen (secondary N) is 2. The van der Waals surface area contributed by atoms with Crippen LogP contribution in [-0.4, -0.2) is 24.5 Å². The minimum atomic E-state index is -0.0593. The molecule has 6 heteroatoms. The molecule has 2 N–H and O–H groups in total. The maximum Gasteiger partial charge on any atom is 0.252 e. The second-order valence-corrected chi connectivity index (χ2v) is 6.42. The maximum atomic E-state index is 12.3. The lowest BCUT2D eigenvalue weighted by Crippen LogP contribution is -2.55. The number of rotatable bonds is 2. The van der Waals surface area contributed by atoms with Crippen LogP contribution in [0.5, 0.6) is 0 Å². The van der Waals surface area contributed by atoms with E-state index in [0.29, 0.717) is 22.5 Å². The monoisotopic (exact) mass is 380 g/mol. The molecule has 1 fully saturated rings. The summed E-state index contributed by atoms with van der Waals surface area (Å²) in [7, 11) is 0. The molecule has 3 unspecified atom stereocenters. The molecule has 3 nitrogen and oxygen atoms in total. The van der Waals surface area contributed by atoms with Gasteiger partial charge in [0.25, 0.3) is 5.91 Å². The molecule has 1 amide bonds. The smallest absolute Gasteiger partial charge is 0.252 e. The first-order valence-electron chi connectivity index (χ1n) is 6.48. The highest BCUT2D eigenvalue weighted by molar-refractivity contribution is 9.10. The molecule has 1 heterocycles. The van der Waals surface area contributed by atoms with Gasteiger partial charge < -0.3 is 10.6 Å². The van der Waals surface area contributed by atoms with Crippen molar-refractivity contribution in [3.05, 3.63) is 33.3 Å². The van der Waals surface area contributed by atoms with Crippen LogP contribution in [0.3, 0.4) is 0 Å². The first-order chi connectivity index (χ1) is 8.99. The summed E-state index contributed by atoms with van der Waals surface area (Å²) in [5.74, 6) is 0.419. The fourth-order valence-electron chi connectivity index (χ4n) is 2.51. The lowest BCUT2D eigenvalue weighted by Gasteiger charge is -2.36. The van der Waals surface area contributed by atoms with Crippen molar-refractivity contribution in [2.75, 3.05) is 6.54 Å². The summed E-state index contributed by atoms with van der Waals surface area (Å²) >= 11 is 9.27. The Morgan fingerprint density at radius 2 is 2.15 bits per heavy atom. The summed E-state index contributed by atoms with van der Waals surface area (Å²) in [6.45, 7) is 5.30. The highest BCUT2D eigenvalue weighted by Crippen LogP contribution is 2.23. The average Bonchev–Trinajstić information content (AvgIpc) is 2.33. The second-order valence-electron chi connectivity index (χ2n) is 5.13. The maximum absolute atomic E-state index is 12.3. The number of halogens is 3. The van der Waals surface area contributed by atoms with Gasteiger partial charge in [0.15, 0.2) is 0 Å². The van der Waals surface area contributed by atoms with Gasteiger partial charge in [-0.15, -0.1) is 12.4 Å². The van der Waals surface area contributed by atoms with Crippen molar-refractivity contribution in [2.45, 2.75) is 32.4 Å². The van der Waals surface area contributed by atoms with Crippen molar-refractivity contribution in [2.24, 2.45) is 5.92 Å². The third kappa shape index (κ3) is 4.10. The molecule has 3 atom stereocenters. The van der Waals surface area contributed by atoms with E-state index in [1.54, 1.807) is 18.2 Å². The highest BCUT2D eigenvalue weighted by atomic mass is 79.9. The van der Waals surface area contributed by atoms with Crippen LogP contribution in [0, 0.1) is 5.92 Å². The molecule has 0 aliphatic carbocycles. The number of carbonyl (C=O) groups is 1. The summed E-state index contributed by atoms with van der Waals surface area (Å²) in [6, 6.07) is 5.66. The third-order valence-electron chi connectivity index (χ3n) is 3.69. The summed E-state index contributed by atoms with van der Waals surface area (Å²) in [5, 5.41) is 7.13. The molecule has 1 saturated heterocycles. The van der Waals surface area contributed by atoms with Crippen LogP contribution >= 0.6 is 39.9 Å². The van der Waals surface area contributed by atoms with Gasteiger partial charge in [0.05, 0.1) is 5.56 Å². The number of carbonyl (C=O) groups excluding carboxylic acids is 1. The fourth-order valence-corrected chi connectivity index (χ4v) is 3.37. The van der Waals surface area contributed by atoms with Crippen molar-refractivity contribution in [1.29, 1.82) is 0 Å². The van der Waals surface area contributed by atoms with E-state index in [2.05, 4.69) is 40.4 Å². The summed E-state index contributed by atoms with van der Waals surface area (Å²) < 4.78 is 0.724. The molecule has 0 radical (unpaired) electrons. The minimum Gasteiger partial charge on any atom is -0.347 e. The van der Waals surface area contributed by atoms with Gasteiger partial charge in [-0.05, 0) is 59.9 Å². The zero-order valence-electron chi connectivity index (χ0n) is 11.5. The van der Waals surface area contributed by atoms with Gasteiger partial charge in [-0.3, -0.25) is 4.79 Å². The molecule has 2 rings (SSSR count). The van der Waals surface area contributed by atoms with Gasteiger partial charge in [0, 0.05) is 21.6 Å². The van der Waals surface area contributed by atoms with Gasteiger partial charge in [-0.1, -0.05) is 18.5 Å². The summed E-state index contributed by atoms with van der Waals surface area (Å²) in [5.41, 5.74) is 0.620. The van der Waals surface area contributed by atoms with E-state index in [1.165, 1.54) is 0 Å². The van der Waals surface area contributed by atoms with Gasteiger partial charge in [-0.25, -0.2) is 0 Å². The number of piperidine rings is 1. The van der Waals surface area contributed by atoms with Crippen LogP contribution in [-0.2, 0) is 0 Å². The van der Waals surface area contributed by atoms with Crippen LogP contribution in [0.4, 0.5) is 0 Å². The molecule has 0 bridgehead atoms. The zero-order valence-corrected chi connectivity index (χ0v) is 14.6. The first-order valence-corrected chi connectivity index (χ1v) is 7.65. The van der Waals surface area contributed by atoms with Gasteiger partial charge in [0.2, 0.25) is 0 Å². The van der Waals surface area contributed by atoms with Crippen LogP contribution in [0.1, 0.15) is 30.6 Å². The van der Waals surface area contributed by atoms with Crippen LogP contribution in [0.15, 0.2) is 22.7 Å². The van der Waals surface area contributed by atoms with E-state index in [4.69, 9.17) is 11.6 Å². The molecule has 1 aromatic rings. The lowest BCUT2D eigenvalue weighted by molar-refractivity contribution is 0.0897. The molecule has 1 aromatic carbocycles. The molecular formula is C14H19BrCl2N2O. The number of amides is 1. The van der Waals surface area contributed by atoms with Crippen molar-refractivity contribution in [3.8, 4) is 0 Å². The predicted octanol–water partition coefficient (Wildman–Crippen LogP) is 3.64. The Kier molecular flexibility index (Phi) is 6.79. The Hall–Kier alpha value is -0.290. The number of hydrogen-bond acceptors (Lipinski definition) is 2. The lowest BCUT2D eigenvalue weighted by atomic mass is 9.89. The Bertz CT molecular complexity index is 474. The van der Waals surface area contributed by atoms with Crippen molar-refractivity contribution < 1.29 is 4.79 Å². The zero-order chi connectivity index (χ0) is 14.0. The number of benzene rings is 1. The van der Waals surface area contributed by atoms with Crippen LogP contribution < -0.4 is 10.6 Å². The van der Waals surface area contributed by atoms with Gasteiger partial charge >= 0.3 is 0 Å². The van der Waals surface area contributed by atoms with Gasteiger partial charge in [0.1, 0.15) is 0 Å². The van der Waals surface area contributed by atoms with E-state index in [0.717, 1.165) is 17.4 Å². The molecule has 1 aliphatic rings. The number of hydrogen-bond donors (Lipinski definition) is 2. The topological polar surface area (TPSA) is 41.1 Å². The minimum absolute atomic E-state index is 0. The third-order valence-corrected chi connectivity index (χ3v) is 4.58. The Balaban J connectivity index is 0.00000200. The average molecular weight is 382 g/mol. The van der Waals surface area contributed by atoms with Gasteiger partial charge in [-0.2, -0.15) is 0 Å². The Labute approximate surface area is 139 Å². The second kappa shape index (κ2) is 7.64. The Morgan fingerprint density at radius 1 is 1.45 bits per heavy atom.